The van der Waals surface area contributed by atoms with Crippen molar-refractivity contribution in [1.29, 1.82) is 0 Å². The highest BCUT2D eigenvalue weighted by molar-refractivity contribution is 5.82. The van der Waals surface area contributed by atoms with E-state index < -0.39 is 5.54 Å². The smallest absolute Gasteiger partial charge is 0.328 e. The van der Waals surface area contributed by atoms with Gasteiger partial charge < -0.3 is 14.8 Å². The number of hydrogen-bond acceptors (Lipinski definition) is 4. The summed E-state index contributed by atoms with van der Waals surface area (Å²) in [6.45, 7) is 3.34. The van der Waals surface area contributed by atoms with Crippen LogP contribution in [0.5, 0.6) is 0 Å². The fourth-order valence-corrected chi connectivity index (χ4v) is 2.34. The third-order valence-electron chi connectivity index (χ3n) is 3.74. The van der Waals surface area contributed by atoms with Crippen LogP contribution in [0.3, 0.4) is 0 Å². The van der Waals surface area contributed by atoms with Crippen LogP contribution in [-0.4, -0.2) is 38.9 Å². The highest BCUT2D eigenvalue weighted by Crippen LogP contribution is 2.40. The normalized spacial score (nSPS) is 18.4. The van der Waals surface area contributed by atoms with Gasteiger partial charge in [0.15, 0.2) is 0 Å². The number of ether oxygens (including phenoxy) is 2. The molecular formula is C14H27NO3. The van der Waals surface area contributed by atoms with Gasteiger partial charge in [0.1, 0.15) is 5.54 Å². The number of nitrogens with one attached hydrogen (secondary N) is 1. The van der Waals surface area contributed by atoms with Gasteiger partial charge in [0, 0.05) is 6.61 Å². The molecule has 0 aliphatic heterocycles. The molecular weight excluding hydrogens is 230 g/mol. The Balaban J connectivity index is 2.35. The summed E-state index contributed by atoms with van der Waals surface area (Å²) in [5, 5.41) is 3.13. The highest BCUT2D eigenvalue weighted by atomic mass is 16.5. The van der Waals surface area contributed by atoms with Gasteiger partial charge in [-0.1, -0.05) is 26.2 Å². The van der Waals surface area contributed by atoms with Crippen molar-refractivity contribution in [3.8, 4) is 0 Å². The lowest BCUT2D eigenvalue weighted by Crippen LogP contribution is -2.56. The summed E-state index contributed by atoms with van der Waals surface area (Å²) in [5.74, 6) is 0.173. The molecule has 1 aliphatic carbocycles. The molecule has 1 N–H and O–H groups in total. The summed E-state index contributed by atoms with van der Waals surface area (Å²) >= 11 is 0. The SMILES string of the molecule is CCCCCCOCC(NC)(C(=O)OC)C1CC1. The molecule has 0 amide bonds. The van der Waals surface area contributed by atoms with Crippen molar-refractivity contribution >= 4 is 5.97 Å². The first-order chi connectivity index (χ1) is 8.71. The minimum atomic E-state index is -0.625. The molecule has 0 spiro atoms. The van der Waals surface area contributed by atoms with Gasteiger partial charge in [-0.15, -0.1) is 0 Å². The van der Waals surface area contributed by atoms with Crippen molar-refractivity contribution in [2.45, 2.75) is 51.0 Å². The molecule has 0 saturated heterocycles. The lowest BCUT2D eigenvalue weighted by Gasteiger charge is -2.30. The molecule has 1 rings (SSSR count). The van der Waals surface area contributed by atoms with Gasteiger partial charge in [0.2, 0.25) is 0 Å². The molecule has 0 bridgehead atoms. The van der Waals surface area contributed by atoms with E-state index in [2.05, 4.69) is 12.2 Å². The van der Waals surface area contributed by atoms with Crippen molar-refractivity contribution in [3.63, 3.8) is 0 Å². The van der Waals surface area contributed by atoms with Gasteiger partial charge in [-0.2, -0.15) is 0 Å². The van der Waals surface area contributed by atoms with E-state index in [1.54, 1.807) is 0 Å². The number of likely N-dealkylation sites (N-methyl/N-ethyl adjacent to an activating group) is 1. The predicted molar refractivity (Wildman–Crippen MR) is 71.5 cm³/mol. The van der Waals surface area contributed by atoms with E-state index in [1.165, 1.54) is 26.4 Å². The molecule has 4 nitrogen and oxygen atoms in total. The van der Waals surface area contributed by atoms with Gasteiger partial charge in [0.25, 0.3) is 0 Å². The quantitative estimate of drug-likeness (QED) is 0.481. The number of rotatable bonds is 10. The van der Waals surface area contributed by atoms with Gasteiger partial charge in [-0.05, 0) is 32.2 Å². The standard InChI is InChI=1S/C14H27NO3/c1-4-5-6-7-10-18-11-14(15-2,12-8-9-12)13(16)17-3/h12,15H,4-11H2,1-3H3. The van der Waals surface area contributed by atoms with Crippen molar-refractivity contribution in [1.82, 2.24) is 5.32 Å². The fourth-order valence-electron chi connectivity index (χ4n) is 2.34. The molecule has 0 aromatic carbocycles. The van der Waals surface area contributed by atoms with Crippen LogP contribution in [0.1, 0.15) is 45.4 Å². The Morgan fingerprint density at radius 3 is 2.56 bits per heavy atom. The van der Waals surface area contributed by atoms with E-state index in [-0.39, 0.29) is 5.97 Å². The first-order valence-electron chi connectivity index (χ1n) is 7.06. The van der Waals surface area contributed by atoms with E-state index in [4.69, 9.17) is 9.47 Å². The molecule has 0 aromatic rings. The van der Waals surface area contributed by atoms with Crippen LogP contribution in [-0.2, 0) is 14.3 Å². The van der Waals surface area contributed by atoms with Crippen LogP contribution in [0.4, 0.5) is 0 Å². The first-order valence-corrected chi connectivity index (χ1v) is 7.06. The van der Waals surface area contributed by atoms with Crippen LogP contribution in [0.25, 0.3) is 0 Å². The Bertz CT molecular complexity index is 253. The Labute approximate surface area is 110 Å². The zero-order valence-corrected chi connectivity index (χ0v) is 12.0. The highest BCUT2D eigenvalue weighted by Gasteiger charge is 2.51. The largest absolute Gasteiger partial charge is 0.468 e. The average Bonchev–Trinajstić information content (AvgIpc) is 3.22. The van der Waals surface area contributed by atoms with E-state index in [0.29, 0.717) is 12.5 Å². The van der Waals surface area contributed by atoms with Gasteiger partial charge in [-0.25, -0.2) is 4.79 Å². The van der Waals surface area contributed by atoms with Crippen molar-refractivity contribution in [2.75, 3.05) is 27.4 Å². The Morgan fingerprint density at radius 2 is 2.06 bits per heavy atom. The van der Waals surface area contributed by atoms with E-state index in [9.17, 15) is 4.79 Å². The van der Waals surface area contributed by atoms with Gasteiger partial charge in [-0.3, -0.25) is 0 Å². The predicted octanol–water partition coefficient (Wildman–Crippen LogP) is 2.12. The summed E-state index contributed by atoms with van der Waals surface area (Å²) in [7, 11) is 3.26. The first kappa shape index (κ1) is 15.4. The Morgan fingerprint density at radius 1 is 1.33 bits per heavy atom. The van der Waals surface area contributed by atoms with Crippen LogP contribution in [0, 0.1) is 5.92 Å². The number of esters is 1. The number of carbonyl (C=O) groups excluding carboxylic acids is 1. The van der Waals surface area contributed by atoms with E-state index in [1.807, 2.05) is 7.05 Å². The molecule has 1 atom stereocenters. The molecule has 106 valence electrons. The lowest BCUT2D eigenvalue weighted by atomic mass is 9.94. The van der Waals surface area contributed by atoms with Crippen LogP contribution in [0.2, 0.25) is 0 Å². The van der Waals surface area contributed by atoms with Crippen LogP contribution >= 0.6 is 0 Å². The zero-order chi connectivity index (χ0) is 13.4. The second kappa shape index (κ2) is 7.74. The third kappa shape index (κ3) is 3.95. The molecule has 18 heavy (non-hydrogen) atoms. The van der Waals surface area contributed by atoms with Crippen molar-refractivity contribution in [2.24, 2.45) is 5.92 Å². The monoisotopic (exact) mass is 257 g/mol. The molecule has 1 saturated carbocycles. The summed E-state index contributed by atoms with van der Waals surface area (Å²) in [5.41, 5.74) is -0.625. The van der Waals surface area contributed by atoms with Crippen molar-refractivity contribution < 1.29 is 14.3 Å². The average molecular weight is 257 g/mol. The second-order valence-electron chi connectivity index (χ2n) is 5.10. The molecule has 1 unspecified atom stereocenters. The minimum Gasteiger partial charge on any atom is -0.468 e. The fraction of sp³-hybridized carbons (Fsp3) is 0.929. The number of carbonyl (C=O) groups is 1. The molecule has 0 heterocycles. The van der Waals surface area contributed by atoms with Crippen molar-refractivity contribution in [3.05, 3.63) is 0 Å². The van der Waals surface area contributed by atoms with Crippen LogP contribution < -0.4 is 5.32 Å². The molecule has 1 aliphatic rings. The Hall–Kier alpha value is -0.610. The maximum atomic E-state index is 11.9. The third-order valence-corrected chi connectivity index (χ3v) is 3.74. The topological polar surface area (TPSA) is 47.6 Å². The second-order valence-corrected chi connectivity index (χ2v) is 5.10. The van der Waals surface area contributed by atoms with Crippen LogP contribution in [0.15, 0.2) is 0 Å². The summed E-state index contributed by atoms with van der Waals surface area (Å²) in [6, 6.07) is 0. The maximum absolute atomic E-state index is 11.9. The molecule has 4 heteroatoms. The number of methoxy groups -OCH3 is 1. The summed E-state index contributed by atoms with van der Waals surface area (Å²) in [6.07, 6.45) is 6.90. The van der Waals surface area contributed by atoms with Gasteiger partial charge >= 0.3 is 5.97 Å². The number of hydrogen-bond donors (Lipinski definition) is 1. The Kier molecular flexibility index (Phi) is 6.65. The number of unbranched alkanes of at least 4 members (excludes halogenated alkanes) is 3. The molecule has 1 fully saturated rings. The minimum absolute atomic E-state index is 0.193. The maximum Gasteiger partial charge on any atom is 0.328 e. The summed E-state index contributed by atoms with van der Waals surface area (Å²) < 4.78 is 10.6. The zero-order valence-electron chi connectivity index (χ0n) is 12.0. The lowest BCUT2D eigenvalue weighted by molar-refractivity contribution is -0.152. The summed E-state index contributed by atoms with van der Waals surface area (Å²) in [4.78, 5) is 11.9. The van der Waals surface area contributed by atoms with E-state index in [0.717, 1.165) is 25.9 Å². The molecule has 0 radical (unpaired) electrons. The van der Waals surface area contributed by atoms with Gasteiger partial charge in [0.05, 0.1) is 13.7 Å². The molecule has 0 aromatic heterocycles. The van der Waals surface area contributed by atoms with E-state index >= 15 is 0 Å².